The molecule has 0 bridgehead atoms. The second kappa shape index (κ2) is 7.09. The Bertz CT molecular complexity index is 156. The summed E-state index contributed by atoms with van der Waals surface area (Å²) < 4.78 is 35.8. The van der Waals surface area contributed by atoms with Crippen molar-refractivity contribution >= 4 is 0 Å². The lowest BCUT2D eigenvalue weighted by molar-refractivity contribution is -0.136. The topological polar surface area (TPSA) is 12.0 Å². The fourth-order valence-electron chi connectivity index (χ4n) is 1.85. The van der Waals surface area contributed by atoms with Gasteiger partial charge in [-0.1, -0.05) is 20.3 Å². The molecule has 0 fully saturated rings. The van der Waals surface area contributed by atoms with Gasteiger partial charge in [0.2, 0.25) is 0 Å². The van der Waals surface area contributed by atoms with Crippen LogP contribution >= 0.6 is 0 Å². The van der Waals surface area contributed by atoms with E-state index >= 15 is 0 Å². The predicted molar refractivity (Wildman–Crippen MR) is 56.8 cm³/mol. The molecule has 0 aromatic rings. The molecular weight excluding hydrogens is 203 g/mol. The van der Waals surface area contributed by atoms with E-state index in [1.54, 1.807) is 0 Å². The largest absolute Gasteiger partial charge is 0.389 e. The van der Waals surface area contributed by atoms with Crippen molar-refractivity contribution in [2.24, 2.45) is 5.92 Å². The predicted octanol–water partition coefficient (Wildman–Crippen LogP) is 3.74. The van der Waals surface area contributed by atoms with Crippen LogP contribution in [-0.2, 0) is 0 Å². The molecule has 1 N–H and O–H groups in total. The Morgan fingerprint density at radius 2 is 1.80 bits per heavy atom. The summed E-state index contributed by atoms with van der Waals surface area (Å²) in [5.74, 6) is 0.317. The molecule has 2 unspecified atom stereocenters. The fraction of sp³-hybridized carbons (Fsp3) is 1.00. The first-order chi connectivity index (χ1) is 6.90. The number of nitrogens with one attached hydrogen (secondary N) is 1. The van der Waals surface area contributed by atoms with Gasteiger partial charge in [0, 0.05) is 12.5 Å². The minimum absolute atomic E-state index is 0.243. The Hall–Kier alpha value is -0.250. The quantitative estimate of drug-likeness (QED) is 0.696. The van der Waals surface area contributed by atoms with Crippen LogP contribution in [0.2, 0.25) is 0 Å². The molecule has 2 atom stereocenters. The second-order valence-corrected chi connectivity index (χ2v) is 4.17. The Kier molecular flexibility index (Phi) is 6.98. The number of hydrogen-bond acceptors (Lipinski definition) is 1. The van der Waals surface area contributed by atoms with E-state index in [1.807, 2.05) is 14.0 Å². The lowest BCUT2D eigenvalue weighted by atomic mass is 9.92. The summed E-state index contributed by atoms with van der Waals surface area (Å²) in [7, 11) is 1.88. The first-order valence-corrected chi connectivity index (χ1v) is 5.64. The molecule has 0 aliphatic carbocycles. The normalized spacial score (nSPS) is 16.4. The minimum Gasteiger partial charge on any atom is -0.317 e. The van der Waals surface area contributed by atoms with Crippen LogP contribution in [-0.4, -0.2) is 19.3 Å². The average Bonchev–Trinajstić information content (AvgIpc) is 2.11. The third kappa shape index (κ3) is 7.65. The smallest absolute Gasteiger partial charge is 0.317 e. The fourth-order valence-corrected chi connectivity index (χ4v) is 1.85. The molecule has 0 aliphatic heterocycles. The van der Waals surface area contributed by atoms with Crippen LogP contribution < -0.4 is 5.32 Å². The van der Waals surface area contributed by atoms with E-state index in [9.17, 15) is 13.2 Å². The second-order valence-electron chi connectivity index (χ2n) is 4.17. The first-order valence-electron chi connectivity index (χ1n) is 5.64. The third-order valence-electron chi connectivity index (χ3n) is 2.78. The van der Waals surface area contributed by atoms with Gasteiger partial charge in [0.25, 0.3) is 0 Å². The number of alkyl halides is 3. The van der Waals surface area contributed by atoms with Crippen LogP contribution in [0.25, 0.3) is 0 Å². The summed E-state index contributed by atoms with van der Waals surface area (Å²) in [6, 6.07) is 0.350. The summed E-state index contributed by atoms with van der Waals surface area (Å²) in [6.45, 7) is 4.11. The zero-order chi connectivity index (χ0) is 11.9. The average molecular weight is 225 g/mol. The highest BCUT2D eigenvalue weighted by Gasteiger charge is 2.26. The Balaban J connectivity index is 3.75. The molecule has 0 saturated heterocycles. The van der Waals surface area contributed by atoms with Gasteiger partial charge in [0.15, 0.2) is 0 Å². The third-order valence-corrected chi connectivity index (χ3v) is 2.78. The van der Waals surface area contributed by atoms with Crippen LogP contribution in [0.5, 0.6) is 0 Å². The van der Waals surface area contributed by atoms with E-state index < -0.39 is 12.6 Å². The maximum absolute atomic E-state index is 11.9. The molecular formula is C11H22F3N. The molecule has 15 heavy (non-hydrogen) atoms. The highest BCUT2D eigenvalue weighted by atomic mass is 19.4. The SMILES string of the molecule is CCCC(NC)C(C)CCCC(F)(F)F. The van der Waals surface area contributed by atoms with Gasteiger partial charge in [-0.25, -0.2) is 0 Å². The molecule has 4 heteroatoms. The summed E-state index contributed by atoms with van der Waals surface area (Å²) in [6.07, 6.45) is -1.67. The molecule has 0 heterocycles. The zero-order valence-corrected chi connectivity index (χ0v) is 9.82. The molecule has 0 radical (unpaired) electrons. The standard InChI is InChI=1S/C11H22F3N/c1-4-6-10(15-3)9(2)7-5-8-11(12,13)14/h9-10,15H,4-8H2,1-3H3. The molecule has 0 aromatic carbocycles. The van der Waals surface area contributed by atoms with Crippen LogP contribution in [0.1, 0.15) is 46.0 Å². The van der Waals surface area contributed by atoms with Gasteiger partial charge < -0.3 is 5.32 Å². The number of hydrogen-bond donors (Lipinski definition) is 1. The van der Waals surface area contributed by atoms with Crippen molar-refractivity contribution in [3.8, 4) is 0 Å². The molecule has 92 valence electrons. The lowest BCUT2D eigenvalue weighted by Gasteiger charge is -2.23. The van der Waals surface area contributed by atoms with Crippen LogP contribution in [0, 0.1) is 5.92 Å². The van der Waals surface area contributed by atoms with E-state index in [0.717, 1.165) is 12.8 Å². The van der Waals surface area contributed by atoms with E-state index in [4.69, 9.17) is 0 Å². The van der Waals surface area contributed by atoms with Gasteiger partial charge in [-0.3, -0.25) is 0 Å². The monoisotopic (exact) mass is 225 g/mol. The van der Waals surface area contributed by atoms with Gasteiger partial charge in [0.05, 0.1) is 0 Å². The first kappa shape index (κ1) is 14.8. The maximum atomic E-state index is 11.9. The summed E-state index contributed by atoms with van der Waals surface area (Å²) in [4.78, 5) is 0. The van der Waals surface area contributed by atoms with Crippen molar-refractivity contribution in [1.82, 2.24) is 5.32 Å². The van der Waals surface area contributed by atoms with Gasteiger partial charge in [-0.15, -0.1) is 0 Å². The number of halogens is 3. The van der Waals surface area contributed by atoms with E-state index in [1.165, 1.54) is 0 Å². The lowest BCUT2D eigenvalue weighted by Crippen LogP contribution is -2.32. The molecule has 0 saturated carbocycles. The van der Waals surface area contributed by atoms with Crippen molar-refractivity contribution in [3.63, 3.8) is 0 Å². The maximum Gasteiger partial charge on any atom is 0.389 e. The van der Waals surface area contributed by atoms with E-state index in [-0.39, 0.29) is 6.42 Å². The molecule has 0 rings (SSSR count). The van der Waals surface area contributed by atoms with Crippen molar-refractivity contribution in [2.75, 3.05) is 7.05 Å². The molecule has 0 aromatic heterocycles. The Morgan fingerprint density at radius 3 is 2.20 bits per heavy atom. The van der Waals surface area contributed by atoms with E-state index in [0.29, 0.717) is 18.4 Å². The van der Waals surface area contributed by atoms with Crippen LogP contribution in [0.3, 0.4) is 0 Å². The van der Waals surface area contributed by atoms with Crippen molar-refractivity contribution < 1.29 is 13.2 Å². The highest BCUT2D eigenvalue weighted by Crippen LogP contribution is 2.25. The molecule has 0 spiro atoms. The summed E-state index contributed by atoms with van der Waals surface area (Å²) in [5.41, 5.74) is 0. The van der Waals surface area contributed by atoms with E-state index in [2.05, 4.69) is 12.2 Å². The van der Waals surface area contributed by atoms with Gasteiger partial charge in [0.1, 0.15) is 0 Å². The van der Waals surface area contributed by atoms with Gasteiger partial charge in [-0.05, 0) is 32.2 Å². The van der Waals surface area contributed by atoms with Crippen molar-refractivity contribution in [3.05, 3.63) is 0 Å². The zero-order valence-electron chi connectivity index (χ0n) is 9.82. The minimum atomic E-state index is -4.00. The molecule has 1 nitrogen and oxygen atoms in total. The summed E-state index contributed by atoms with van der Waals surface area (Å²) in [5, 5.41) is 3.17. The molecule has 0 amide bonds. The van der Waals surface area contributed by atoms with Crippen molar-refractivity contribution in [1.29, 1.82) is 0 Å². The van der Waals surface area contributed by atoms with Gasteiger partial charge >= 0.3 is 6.18 Å². The van der Waals surface area contributed by atoms with Crippen LogP contribution in [0.4, 0.5) is 13.2 Å². The Labute approximate surface area is 90.4 Å². The van der Waals surface area contributed by atoms with Crippen LogP contribution in [0.15, 0.2) is 0 Å². The number of rotatable bonds is 7. The summed E-state index contributed by atoms with van der Waals surface area (Å²) >= 11 is 0. The van der Waals surface area contributed by atoms with Gasteiger partial charge in [-0.2, -0.15) is 13.2 Å². The highest BCUT2D eigenvalue weighted by molar-refractivity contribution is 4.71. The Morgan fingerprint density at radius 1 is 1.20 bits per heavy atom. The van der Waals surface area contributed by atoms with Crippen molar-refractivity contribution in [2.45, 2.75) is 58.2 Å². The molecule has 0 aliphatic rings.